The summed E-state index contributed by atoms with van der Waals surface area (Å²) in [6.45, 7) is 0. The summed E-state index contributed by atoms with van der Waals surface area (Å²) in [4.78, 5) is 24.1. The molecule has 1 unspecified atom stereocenters. The first-order chi connectivity index (χ1) is 10.2. The van der Waals surface area contributed by atoms with E-state index < -0.39 is 36.2 Å². The van der Waals surface area contributed by atoms with Gasteiger partial charge in [0, 0.05) is 5.56 Å². The van der Waals surface area contributed by atoms with E-state index in [2.05, 4.69) is 4.74 Å². The summed E-state index contributed by atoms with van der Waals surface area (Å²) in [5, 5.41) is 9.41. The molecule has 7 heteroatoms. The number of Topliss-reactive ketones (excluding diaryl/α,β-unsaturated/α-hetero) is 1. The molecule has 1 aromatic rings. The summed E-state index contributed by atoms with van der Waals surface area (Å²) in [6, 6.07) is 3.91. The van der Waals surface area contributed by atoms with Gasteiger partial charge in [-0.2, -0.15) is 13.2 Å². The van der Waals surface area contributed by atoms with Crippen LogP contribution in [0.15, 0.2) is 18.2 Å². The van der Waals surface area contributed by atoms with Crippen LogP contribution in [-0.4, -0.2) is 30.1 Å². The smallest absolute Gasteiger partial charge is 0.390 e. The van der Waals surface area contributed by atoms with Crippen molar-refractivity contribution in [3.05, 3.63) is 29.3 Å². The number of ether oxygens (including phenoxy) is 1. The molecule has 1 aliphatic carbocycles. The molecule has 0 saturated heterocycles. The van der Waals surface area contributed by atoms with E-state index in [9.17, 15) is 27.9 Å². The van der Waals surface area contributed by atoms with Gasteiger partial charge in [0.15, 0.2) is 5.78 Å². The number of ketones is 1. The van der Waals surface area contributed by atoms with Gasteiger partial charge in [0.25, 0.3) is 0 Å². The second kappa shape index (κ2) is 5.62. The topological polar surface area (TPSA) is 63.6 Å². The highest BCUT2D eigenvalue weighted by Gasteiger charge is 2.51. The number of methoxy groups -OCH3 is 1. The Balaban J connectivity index is 2.44. The van der Waals surface area contributed by atoms with Crippen molar-refractivity contribution in [2.75, 3.05) is 7.11 Å². The lowest BCUT2D eigenvalue weighted by atomic mass is 9.66. The highest BCUT2D eigenvalue weighted by Crippen LogP contribution is 2.46. The SMILES string of the molecule is COC(=O)CC1(CC(F)(F)F)CCc2cc(O)ccc2C1=O. The third-order valence-electron chi connectivity index (χ3n) is 3.94. The van der Waals surface area contributed by atoms with Crippen LogP contribution in [0.4, 0.5) is 13.2 Å². The highest BCUT2D eigenvalue weighted by atomic mass is 19.4. The molecule has 2 rings (SSSR count). The lowest BCUT2D eigenvalue weighted by Gasteiger charge is -2.36. The summed E-state index contributed by atoms with van der Waals surface area (Å²) in [6.07, 6.45) is -6.48. The van der Waals surface area contributed by atoms with Crippen LogP contribution in [0.3, 0.4) is 0 Å². The van der Waals surface area contributed by atoms with Crippen molar-refractivity contribution >= 4 is 11.8 Å². The van der Waals surface area contributed by atoms with E-state index in [0.29, 0.717) is 5.56 Å². The average molecular weight is 316 g/mol. The number of hydrogen-bond acceptors (Lipinski definition) is 4. The molecule has 0 amide bonds. The number of aromatic hydroxyl groups is 1. The number of aryl methyl sites for hydroxylation is 1. The van der Waals surface area contributed by atoms with Crippen molar-refractivity contribution < 1.29 is 32.6 Å². The minimum Gasteiger partial charge on any atom is -0.508 e. The number of rotatable bonds is 3. The van der Waals surface area contributed by atoms with Crippen LogP contribution in [-0.2, 0) is 16.0 Å². The van der Waals surface area contributed by atoms with Crippen molar-refractivity contribution in [1.82, 2.24) is 0 Å². The Morgan fingerprint density at radius 1 is 1.41 bits per heavy atom. The molecule has 1 aromatic carbocycles. The summed E-state index contributed by atoms with van der Waals surface area (Å²) in [5.74, 6) is -1.63. The molecule has 0 heterocycles. The molecule has 120 valence electrons. The number of alkyl halides is 3. The van der Waals surface area contributed by atoms with Gasteiger partial charge >= 0.3 is 12.1 Å². The zero-order valence-corrected chi connectivity index (χ0v) is 11.9. The Morgan fingerprint density at radius 3 is 2.68 bits per heavy atom. The van der Waals surface area contributed by atoms with Gasteiger partial charge < -0.3 is 9.84 Å². The second-order valence-corrected chi connectivity index (χ2v) is 5.50. The number of benzene rings is 1. The van der Waals surface area contributed by atoms with Crippen molar-refractivity contribution in [2.24, 2.45) is 5.41 Å². The molecule has 0 aromatic heterocycles. The number of phenolic OH excluding ortho intramolecular Hbond substituents is 1. The van der Waals surface area contributed by atoms with Gasteiger partial charge in [0.2, 0.25) is 0 Å². The number of carbonyl (C=O) groups excluding carboxylic acids is 2. The third-order valence-corrected chi connectivity index (χ3v) is 3.94. The summed E-state index contributed by atoms with van der Waals surface area (Å²) < 4.78 is 43.2. The van der Waals surface area contributed by atoms with Gasteiger partial charge in [0.1, 0.15) is 5.75 Å². The molecular formula is C15H15F3O4. The first kappa shape index (κ1) is 16.3. The van der Waals surface area contributed by atoms with Crippen molar-refractivity contribution in [2.45, 2.75) is 31.9 Å². The maximum absolute atomic E-state index is 12.9. The molecule has 0 saturated carbocycles. The standard InChI is InChI=1S/C15H15F3O4/c1-22-12(20)7-14(8-15(16,17)18)5-4-9-6-10(19)2-3-11(9)13(14)21/h2-3,6,19H,4-5,7-8H2,1H3. The second-order valence-electron chi connectivity index (χ2n) is 5.50. The number of esters is 1. The van der Waals surface area contributed by atoms with E-state index in [0.717, 1.165) is 7.11 Å². The van der Waals surface area contributed by atoms with Crippen molar-refractivity contribution in [3.63, 3.8) is 0 Å². The van der Waals surface area contributed by atoms with Crippen molar-refractivity contribution in [3.8, 4) is 5.75 Å². The van der Waals surface area contributed by atoms with Gasteiger partial charge in [-0.25, -0.2) is 0 Å². The fourth-order valence-electron chi connectivity index (χ4n) is 2.91. The van der Waals surface area contributed by atoms with Crippen LogP contribution in [0, 0.1) is 5.41 Å². The van der Waals surface area contributed by atoms with Gasteiger partial charge in [-0.1, -0.05) is 0 Å². The molecule has 0 spiro atoms. The first-order valence-corrected chi connectivity index (χ1v) is 6.67. The van der Waals surface area contributed by atoms with E-state index in [1.807, 2.05) is 0 Å². The lowest BCUT2D eigenvalue weighted by molar-refractivity contribution is -0.161. The fraction of sp³-hybridized carbons (Fsp3) is 0.467. The molecule has 22 heavy (non-hydrogen) atoms. The zero-order chi connectivity index (χ0) is 16.5. The Bertz CT molecular complexity index is 609. The number of hydrogen-bond donors (Lipinski definition) is 1. The quantitative estimate of drug-likeness (QED) is 0.871. The van der Waals surface area contributed by atoms with Crippen LogP contribution in [0.25, 0.3) is 0 Å². The van der Waals surface area contributed by atoms with Crippen LogP contribution in [0.2, 0.25) is 0 Å². The normalized spacial score (nSPS) is 21.4. The van der Waals surface area contributed by atoms with E-state index in [1.165, 1.54) is 18.2 Å². The maximum atomic E-state index is 12.9. The minimum atomic E-state index is -4.57. The summed E-state index contributed by atoms with van der Waals surface area (Å²) in [5.41, 5.74) is -1.22. The van der Waals surface area contributed by atoms with Gasteiger partial charge in [0.05, 0.1) is 25.4 Å². The molecule has 0 bridgehead atoms. The summed E-state index contributed by atoms with van der Waals surface area (Å²) >= 11 is 0. The molecular weight excluding hydrogens is 301 g/mol. The third kappa shape index (κ3) is 3.23. The lowest BCUT2D eigenvalue weighted by Crippen LogP contribution is -2.41. The summed E-state index contributed by atoms with van der Waals surface area (Å²) in [7, 11) is 1.07. The Morgan fingerprint density at radius 2 is 2.09 bits per heavy atom. The van der Waals surface area contributed by atoms with Crippen LogP contribution in [0.5, 0.6) is 5.75 Å². The van der Waals surface area contributed by atoms with E-state index in [-0.39, 0.29) is 24.2 Å². The molecule has 0 aliphatic heterocycles. The van der Waals surface area contributed by atoms with E-state index in [1.54, 1.807) is 0 Å². The Hall–Kier alpha value is -2.05. The Kier molecular flexibility index (Phi) is 4.17. The number of carbonyl (C=O) groups is 2. The van der Waals surface area contributed by atoms with Crippen LogP contribution < -0.4 is 0 Å². The van der Waals surface area contributed by atoms with Crippen molar-refractivity contribution in [1.29, 1.82) is 0 Å². The number of halogens is 3. The largest absolute Gasteiger partial charge is 0.508 e. The number of phenols is 1. The predicted molar refractivity (Wildman–Crippen MR) is 70.5 cm³/mol. The molecule has 4 nitrogen and oxygen atoms in total. The van der Waals surface area contributed by atoms with Crippen LogP contribution >= 0.6 is 0 Å². The van der Waals surface area contributed by atoms with Crippen LogP contribution in [0.1, 0.15) is 35.2 Å². The fourth-order valence-corrected chi connectivity index (χ4v) is 2.91. The Labute approximate surface area is 124 Å². The van der Waals surface area contributed by atoms with E-state index in [4.69, 9.17) is 0 Å². The van der Waals surface area contributed by atoms with Gasteiger partial charge in [-0.15, -0.1) is 0 Å². The van der Waals surface area contributed by atoms with Gasteiger partial charge in [-0.05, 0) is 36.6 Å². The molecule has 1 aliphatic rings. The zero-order valence-electron chi connectivity index (χ0n) is 11.9. The highest BCUT2D eigenvalue weighted by molar-refractivity contribution is 6.04. The first-order valence-electron chi connectivity index (χ1n) is 6.67. The molecule has 1 atom stereocenters. The monoisotopic (exact) mass is 316 g/mol. The number of fused-ring (bicyclic) bond motifs is 1. The predicted octanol–water partition coefficient (Wildman–Crippen LogP) is 3.02. The average Bonchev–Trinajstić information content (AvgIpc) is 2.41. The van der Waals surface area contributed by atoms with E-state index >= 15 is 0 Å². The molecule has 0 fully saturated rings. The minimum absolute atomic E-state index is 0.0529. The maximum Gasteiger partial charge on any atom is 0.390 e. The van der Waals surface area contributed by atoms with Gasteiger partial charge in [-0.3, -0.25) is 9.59 Å². The molecule has 0 radical (unpaired) electrons. The molecule has 1 N–H and O–H groups in total.